The van der Waals surface area contributed by atoms with E-state index in [0.29, 0.717) is 36.3 Å². The van der Waals surface area contributed by atoms with Crippen molar-refractivity contribution in [1.82, 2.24) is 15.1 Å². The van der Waals surface area contributed by atoms with E-state index in [1.807, 2.05) is 24.3 Å². The molecular formula is C24H23BrFN5O. The van der Waals surface area contributed by atoms with Gasteiger partial charge < -0.3 is 11.1 Å². The summed E-state index contributed by atoms with van der Waals surface area (Å²) >= 11 is 3.44. The minimum absolute atomic E-state index is 0.0444. The van der Waals surface area contributed by atoms with E-state index >= 15 is 0 Å². The number of nitriles is 1. The van der Waals surface area contributed by atoms with Crippen molar-refractivity contribution in [3.05, 3.63) is 75.6 Å². The van der Waals surface area contributed by atoms with E-state index in [9.17, 15) is 14.4 Å². The molecule has 0 bridgehead atoms. The van der Waals surface area contributed by atoms with E-state index in [2.05, 4.69) is 32.4 Å². The summed E-state index contributed by atoms with van der Waals surface area (Å²) in [6.45, 7) is 0.477. The lowest BCUT2D eigenvalue weighted by molar-refractivity contribution is -0.129. The van der Waals surface area contributed by atoms with Gasteiger partial charge in [0.05, 0.1) is 16.8 Å². The zero-order chi connectivity index (χ0) is 22.7. The van der Waals surface area contributed by atoms with Crippen LogP contribution in [0.2, 0.25) is 0 Å². The second-order valence-electron chi connectivity index (χ2n) is 8.01. The lowest BCUT2D eigenvalue weighted by atomic mass is 9.64. The summed E-state index contributed by atoms with van der Waals surface area (Å²) < 4.78 is 15.7. The summed E-state index contributed by atoms with van der Waals surface area (Å²) in [5, 5.41) is 17.0. The van der Waals surface area contributed by atoms with E-state index < -0.39 is 5.41 Å². The van der Waals surface area contributed by atoms with Gasteiger partial charge in [-0.2, -0.15) is 10.4 Å². The fraction of sp³-hybridized carbons (Fsp3) is 0.292. The zero-order valence-electron chi connectivity index (χ0n) is 17.4. The average molecular weight is 496 g/mol. The van der Waals surface area contributed by atoms with Crippen LogP contribution in [0.5, 0.6) is 0 Å². The molecule has 0 aliphatic heterocycles. The number of nitrogens with one attached hydrogen (secondary N) is 1. The van der Waals surface area contributed by atoms with Gasteiger partial charge in [0.15, 0.2) is 0 Å². The lowest BCUT2D eigenvalue weighted by Crippen LogP contribution is -2.49. The molecule has 1 saturated carbocycles. The number of carbonyl (C=O) groups is 1. The minimum atomic E-state index is -0.451. The number of halogens is 2. The molecule has 1 aliphatic rings. The molecule has 164 valence electrons. The van der Waals surface area contributed by atoms with Crippen LogP contribution in [0.4, 0.5) is 10.2 Å². The summed E-state index contributed by atoms with van der Waals surface area (Å²) in [7, 11) is 0. The molecule has 0 saturated heterocycles. The lowest BCUT2D eigenvalue weighted by Gasteiger charge is -2.40. The molecule has 0 unspecified atom stereocenters. The molecule has 32 heavy (non-hydrogen) atoms. The van der Waals surface area contributed by atoms with Crippen LogP contribution in [0.15, 0.2) is 53.0 Å². The minimum Gasteiger partial charge on any atom is -0.382 e. The van der Waals surface area contributed by atoms with Gasteiger partial charge in [-0.15, -0.1) is 0 Å². The standard InChI is InChI=1S/C24H23BrFN5O/c25-17-6-4-16(5-7-17)24(12-2-13-24)23(32)29-14-1-3-21-20(15-27)22(28)31(30-21)19-10-8-18(26)9-11-19/h4-11H,1-3,12-14,28H2,(H,29,32). The highest BCUT2D eigenvalue weighted by molar-refractivity contribution is 9.10. The quantitative estimate of drug-likeness (QED) is 0.474. The molecule has 2 aromatic carbocycles. The van der Waals surface area contributed by atoms with Gasteiger partial charge >= 0.3 is 0 Å². The Morgan fingerprint density at radius 2 is 1.91 bits per heavy atom. The Morgan fingerprint density at radius 3 is 2.50 bits per heavy atom. The molecule has 3 aromatic rings. The fourth-order valence-corrected chi connectivity index (χ4v) is 4.39. The van der Waals surface area contributed by atoms with Gasteiger partial charge in [-0.05, 0) is 67.6 Å². The number of benzene rings is 2. The first-order chi connectivity index (χ1) is 15.4. The molecule has 1 heterocycles. The predicted octanol–water partition coefficient (Wildman–Crippen LogP) is 4.40. The van der Waals surface area contributed by atoms with Gasteiger partial charge in [0, 0.05) is 11.0 Å². The van der Waals surface area contributed by atoms with E-state index in [1.54, 1.807) is 12.1 Å². The summed E-state index contributed by atoms with van der Waals surface area (Å²) in [6.07, 6.45) is 3.84. The van der Waals surface area contributed by atoms with Crippen LogP contribution in [0, 0.1) is 17.1 Å². The van der Waals surface area contributed by atoms with Crippen molar-refractivity contribution in [2.24, 2.45) is 0 Å². The number of nitrogen functional groups attached to an aromatic ring is 1. The molecule has 8 heteroatoms. The molecule has 1 aromatic heterocycles. The van der Waals surface area contributed by atoms with Crippen LogP contribution in [-0.2, 0) is 16.6 Å². The van der Waals surface area contributed by atoms with Crippen molar-refractivity contribution in [3.8, 4) is 11.8 Å². The molecule has 0 atom stereocenters. The van der Waals surface area contributed by atoms with Crippen molar-refractivity contribution in [1.29, 1.82) is 5.26 Å². The molecular weight excluding hydrogens is 473 g/mol. The van der Waals surface area contributed by atoms with Crippen LogP contribution in [0.3, 0.4) is 0 Å². The van der Waals surface area contributed by atoms with Gasteiger partial charge in [0.1, 0.15) is 23.3 Å². The Hall–Kier alpha value is -3.18. The Kier molecular flexibility index (Phi) is 6.28. The van der Waals surface area contributed by atoms with Crippen LogP contribution >= 0.6 is 15.9 Å². The van der Waals surface area contributed by atoms with Crippen molar-refractivity contribution in [2.45, 2.75) is 37.5 Å². The van der Waals surface area contributed by atoms with E-state index in [-0.39, 0.29) is 17.5 Å². The first-order valence-corrected chi connectivity index (χ1v) is 11.3. The number of rotatable bonds is 7. The largest absolute Gasteiger partial charge is 0.382 e. The maximum absolute atomic E-state index is 13.2. The third-order valence-corrected chi connectivity index (χ3v) is 6.62. The van der Waals surface area contributed by atoms with Gasteiger partial charge in [-0.1, -0.05) is 34.5 Å². The Labute approximate surface area is 194 Å². The van der Waals surface area contributed by atoms with Crippen molar-refractivity contribution >= 4 is 27.7 Å². The third kappa shape index (κ3) is 4.13. The highest BCUT2D eigenvalue weighted by atomic mass is 79.9. The summed E-state index contributed by atoms with van der Waals surface area (Å²) in [5.74, 6) is -0.0898. The van der Waals surface area contributed by atoms with Crippen LogP contribution in [0.1, 0.15) is 42.5 Å². The number of hydrogen-bond acceptors (Lipinski definition) is 4. The van der Waals surface area contributed by atoms with E-state index in [1.165, 1.54) is 16.8 Å². The molecule has 1 aliphatic carbocycles. The monoisotopic (exact) mass is 495 g/mol. The number of hydrogen-bond donors (Lipinski definition) is 2. The van der Waals surface area contributed by atoms with Gasteiger partial charge in [0.2, 0.25) is 5.91 Å². The molecule has 6 nitrogen and oxygen atoms in total. The summed E-state index contributed by atoms with van der Waals surface area (Å²) in [5.41, 5.74) is 8.16. The number of carbonyl (C=O) groups excluding carboxylic acids is 1. The van der Waals surface area contributed by atoms with Crippen LogP contribution in [0.25, 0.3) is 5.69 Å². The van der Waals surface area contributed by atoms with Crippen molar-refractivity contribution in [2.75, 3.05) is 12.3 Å². The maximum atomic E-state index is 13.2. The van der Waals surface area contributed by atoms with E-state index in [4.69, 9.17) is 5.73 Å². The molecule has 0 spiro atoms. The molecule has 1 amide bonds. The maximum Gasteiger partial charge on any atom is 0.230 e. The second-order valence-corrected chi connectivity index (χ2v) is 8.92. The topological polar surface area (TPSA) is 96.7 Å². The first-order valence-electron chi connectivity index (χ1n) is 10.5. The Morgan fingerprint density at radius 1 is 1.22 bits per heavy atom. The Bertz CT molecular complexity index is 1160. The molecule has 3 N–H and O–H groups in total. The first kappa shape index (κ1) is 22.0. The second kappa shape index (κ2) is 9.13. The normalized spacial score (nSPS) is 14.4. The highest BCUT2D eigenvalue weighted by Crippen LogP contribution is 2.44. The number of amides is 1. The summed E-state index contributed by atoms with van der Waals surface area (Å²) in [6, 6.07) is 15.8. The molecule has 1 fully saturated rings. The zero-order valence-corrected chi connectivity index (χ0v) is 19.0. The van der Waals surface area contributed by atoms with E-state index in [0.717, 1.165) is 29.3 Å². The predicted molar refractivity (Wildman–Crippen MR) is 124 cm³/mol. The highest BCUT2D eigenvalue weighted by Gasteiger charge is 2.45. The molecule has 4 rings (SSSR count). The van der Waals surface area contributed by atoms with Crippen molar-refractivity contribution < 1.29 is 9.18 Å². The number of aryl methyl sites for hydroxylation is 1. The summed E-state index contributed by atoms with van der Waals surface area (Å²) in [4.78, 5) is 13.0. The average Bonchev–Trinajstić information content (AvgIpc) is 3.07. The number of nitrogens with two attached hydrogens (primary N) is 1. The fourth-order valence-electron chi connectivity index (χ4n) is 4.13. The van der Waals surface area contributed by atoms with Crippen LogP contribution in [-0.4, -0.2) is 22.2 Å². The number of anilines is 1. The number of aromatic nitrogens is 2. The van der Waals surface area contributed by atoms with Gasteiger partial charge in [-0.25, -0.2) is 9.07 Å². The molecule has 0 radical (unpaired) electrons. The SMILES string of the molecule is N#Cc1c(CCCNC(=O)C2(c3ccc(Br)cc3)CCC2)nn(-c2ccc(F)cc2)c1N. The van der Waals surface area contributed by atoms with Crippen molar-refractivity contribution in [3.63, 3.8) is 0 Å². The third-order valence-electron chi connectivity index (χ3n) is 6.09. The van der Waals surface area contributed by atoms with Gasteiger partial charge in [0.25, 0.3) is 0 Å². The smallest absolute Gasteiger partial charge is 0.230 e. The number of nitrogens with zero attached hydrogens (tertiary/aromatic N) is 3. The Balaban J connectivity index is 1.40. The van der Waals surface area contributed by atoms with Gasteiger partial charge in [-0.3, -0.25) is 4.79 Å². The van der Waals surface area contributed by atoms with Crippen LogP contribution < -0.4 is 11.1 Å².